The largest absolute Gasteiger partial charge is 0.497 e. The van der Waals surface area contributed by atoms with Gasteiger partial charge in [-0.1, -0.05) is 68.9 Å². The molecule has 2 fully saturated rings. The number of carbonyl (C=O) groups is 1. The zero-order valence-corrected chi connectivity index (χ0v) is 27.5. The van der Waals surface area contributed by atoms with Gasteiger partial charge in [0.1, 0.15) is 22.5 Å². The molecule has 0 unspecified atom stereocenters. The molecule has 0 aromatic heterocycles. The second kappa shape index (κ2) is 16.8. The molecule has 5 atom stereocenters. The number of sulfonamides is 1. The Bertz CT molecular complexity index is 1360. The third kappa shape index (κ3) is 9.13. The summed E-state index contributed by atoms with van der Waals surface area (Å²) in [6, 6.07) is 13.3. The number of aliphatic hydroxyl groups is 1. The number of β-amino-alcohol motifs (C(OH)–C–C–N with tert-alkyl or cyclic N) is 1. The highest BCUT2D eigenvalue weighted by Gasteiger charge is 2.44. The van der Waals surface area contributed by atoms with Gasteiger partial charge in [-0.15, -0.1) is 0 Å². The van der Waals surface area contributed by atoms with Crippen LogP contribution in [0.4, 0.5) is 4.79 Å². The van der Waals surface area contributed by atoms with Crippen LogP contribution < -0.4 is 14.8 Å². The Hall–Kier alpha value is -2.90. The molecule has 5 rings (SSSR count). The maximum absolute atomic E-state index is 14.3. The van der Waals surface area contributed by atoms with E-state index in [0.29, 0.717) is 25.4 Å². The molecule has 2 aromatic carbocycles. The van der Waals surface area contributed by atoms with E-state index >= 15 is 0 Å². The number of nitrogens with zero attached hydrogens (tertiary/aromatic N) is 1. The van der Waals surface area contributed by atoms with E-state index in [9.17, 15) is 18.3 Å². The molecular weight excluding hydrogens is 612 g/mol. The van der Waals surface area contributed by atoms with Gasteiger partial charge in [-0.05, 0) is 43.4 Å². The molecule has 12 heteroatoms. The summed E-state index contributed by atoms with van der Waals surface area (Å²) in [4.78, 5) is 13.2. The fourth-order valence-electron chi connectivity index (χ4n) is 6.38. The minimum absolute atomic E-state index is 0.0249. The van der Waals surface area contributed by atoms with Crippen molar-refractivity contribution in [3.05, 3.63) is 54.1 Å². The molecule has 0 bridgehead atoms. The Morgan fingerprint density at radius 2 is 1.74 bits per heavy atom. The second-order valence-electron chi connectivity index (χ2n) is 12.3. The van der Waals surface area contributed by atoms with E-state index < -0.39 is 34.4 Å². The number of methoxy groups -OCH3 is 1. The van der Waals surface area contributed by atoms with Gasteiger partial charge in [-0.2, -0.15) is 4.31 Å². The van der Waals surface area contributed by atoms with Crippen molar-refractivity contribution in [1.29, 1.82) is 0 Å². The van der Waals surface area contributed by atoms with E-state index in [2.05, 4.69) is 5.32 Å². The molecule has 11 nitrogen and oxygen atoms in total. The first-order valence-electron chi connectivity index (χ1n) is 16.6. The smallest absolute Gasteiger partial charge is 0.407 e. The summed E-state index contributed by atoms with van der Waals surface area (Å²) in [6.45, 7) is 1.18. The fourth-order valence-corrected chi connectivity index (χ4v) is 7.99. The SMILES string of the molecule is COc1ccc2c(c1)OCCCCCCCCCCN(C[C@@H](O)[C@H](Cc1ccccc1)NC(=O)O[C@H]1CO[C@H]3OCC[C@H]31)S2(=O)=O. The van der Waals surface area contributed by atoms with Crippen molar-refractivity contribution in [3.8, 4) is 11.5 Å². The zero-order chi connectivity index (χ0) is 32.4. The van der Waals surface area contributed by atoms with Crippen LogP contribution in [0.5, 0.6) is 11.5 Å². The molecule has 0 spiro atoms. The van der Waals surface area contributed by atoms with Crippen LogP contribution in [0.15, 0.2) is 53.4 Å². The molecule has 3 aliphatic rings. The number of hydrogen-bond donors (Lipinski definition) is 2. The number of alkyl carbamates (subject to hydrolysis) is 1. The monoisotopic (exact) mass is 660 g/mol. The maximum atomic E-state index is 14.3. The van der Waals surface area contributed by atoms with Crippen LogP contribution in [0.2, 0.25) is 0 Å². The first-order chi connectivity index (χ1) is 22.3. The first-order valence-corrected chi connectivity index (χ1v) is 18.0. The third-order valence-corrected chi connectivity index (χ3v) is 10.9. The maximum Gasteiger partial charge on any atom is 0.407 e. The number of hydrogen-bond acceptors (Lipinski definition) is 9. The normalized spacial score (nSPS) is 25.5. The molecule has 0 radical (unpaired) electrons. The number of benzene rings is 2. The van der Waals surface area contributed by atoms with Crippen molar-refractivity contribution in [2.24, 2.45) is 5.92 Å². The van der Waals surface area contributed by atoms with Crippen molar-refractivity contribution in [1.82, 2.24) is 9.62 Å². The van der Waals surface area contributed by atoms with Crippen LogP contribution in [-0.4, -0.2) is 88.5 Å². The van der Waals surface area contributed by atoms with Crippen molar-refractivity contribution < 1.29 is 42.0 Å². The summed E-state index contributed by atoms with van der Waals surface area (Å²) in [5.74, 6) is 0.686. The predicted octanol–water partition coefficient (Wildman–Crippen LogP) is 4.66. The molecule has 1 amide bonds. The van der Waals surface area contributed by atoms with E-state index in [-0.39, 0.29) is 49.0 Å². The van der Waals surface area contributed by atoms with Crippen LogP contribution in [-0.2, 0) is 30.7 Å². The minimum atomic E-state index is -4.11. The van der Waals surface area contributed by atoms with Crippen molar-refractivity contribution in [2.45, 2.75) is 93.6 Å². The van der Waals surface area contributed by atoms with Crippen LogP contribution in [0, 0.1) is 5.92 Å². The minimum Gasteiger partial charge on any atom is -0.497 e. The molecule has 46 heavy (non-hydrogen) atoms. The molecular formula is C34H48N2O9S. The second-order valence-corrected chi connectivity index (χ2v) is 14.2. The summed E-state index contributed by atoms with van der Waals surface area (Å²) in [5.41, 5.74) is 0.881. The zero-order valence-electron chi connectivity index (χ0n) is 26.7. The average molecular weight is 661 g/mol. The highest BCUT2D eigenvalue weighted by atomic mass is 32.2. The molecule has 2 N–H and O–H groups in total. The Morgan fingerprint density at radius 1 is 1.00 bits per heavy atom. The van der Waals surface area contributed by atoms with Gasteiger partial charge in [0.25, 0.3) is 0 Å². The van der Waals surface area contributed by atoms with Gasteiger partial charge < -0.3 is 34.1 Å². The third-order valence-electron chi connectivity index (χ3n) is 9.03. The van der Waals surface area contributed by atoms with Crippen molar-refractivity contribution >= 4 is 16.1 Å². The van der Waals surface area contributed by atoms with Gasteiger partial charge >= 0.3 is 6.09 Å². The van der Waals surface area contributed by atoms with E-state index in [4.69, 9.17) is 23.7 Å². The van der Waals surface area contributed by atoms with Gasteiger partial charge in [0.15, 0.2) is 6.29 Å². The first kappa shape index (κ1) is 34.4. The number of carbonyl (C=O) groups excluding carboxylic acids is 1. The van der Waals surface area contributed by atoms with Crippen LogP contribution >= 0.6 is 0 Å². The number of aliphatic hydroxyl groups excluding tert-OH is 1. The highest BCUT2D eigenvalue weighted by Crippen LogP contribution is 2.34. The van der Waals surface area contributed by atoms with Gasteiger partial charge in [0.05, 0.1) is 45.0 Å². The molecule has 3 aliphatic heterocycles. The molecule has 2 saturated heterocycles. The summed E-state index contributed by atoms with van der Waals surface area (Å²) in [7, 11) is -2.58. The lowest BCUT2D eigenvalue weighted by atomic mass is 10.0. The summed E-state index contributed by atoms with van der Waals surface area (Å²) in [6.07, 6.45) is 5.99. The topological polar surface area (TPSA) is 133 Å². The number of amides is 1. The standard InChI is InChI=1S/C34H48N2O9S/c1-41-26-15-16-32-30(22-26)42-19-12-7-5-3-2-4-6-11-18-36(46(32,39)40)23-29(37)28(21-25-13-9-8-10-14-25)35-34(38)45-31-24-44-33-27(31)17-20-43-33/h8-10,13-16,22,27-29,31,33,37H,2-7,11-12,17-21,23-24H2,1H3,(H,35,38)/t27-,28-,29+,31-,33+/m0/s1. The molecule has 0 aliphatic carbocycles. The van der Waals surface area contributed by atoms with Crippen LogP contribution in [0.25, 0.3) is 0 Å². The highest BCUT2D eigenvalue weighted by molar-refractivity contribution is 7.89. The van der Waals surface area contributed by atoms with E-state index in [0.717, 1.165) is 56.9 Å². The van der Waals surface area contributed by atoms with Crippen LogP contribution in [0.1, 0.15) is 63.4 Å². The quantitative estimate of drug-likeness (QED) is 0.415. The molecule has 3 heterocycles. The lowest BCUT2D eigenvalue weighted by Gasteiger charge is -2.30. The Morgan fingerprint density at radius 3 is 2.50 bits per heavy atom. The number of ether oxygens (including phenoxy) is 5. The van der Waals surface area contributed by atoms with Gasteiger partial charge in [0, 0.05) is 19.2 Å². The Labute approximate surface area is 272 Å². The van der Waals surface area contributed by atoms with Gasteiger partial charge in [0.2, 0.25) is 10.0 Å². The van der Waals surface area contributed by atoms with E-state index in [1.807, 2.05) is 30.3 Å². The number of rotatable bonds is 8. The summed E-state index contributed by atoms with van der Waals surface area (Å²) < 4.78 is 58.2. The molecule has 0 saturated carbocycles. The lowest BCUT2D eigenvalue weighted by Crippen LogP contribution is -2.51. The van der Waals surface area contributed by atoms with E-state index in [1.165, 1.54) is 17.5 Å². The Balaban J connectivity index is 1.37. The van der Waals surface area contributed by atoms with Gasteiger partial charge in [-0.25, -0.2) is 13.2 Å². The van der Waals surface area contributed by atoms with E-state index in [1.54, 1.807) is 12.1 Å². The summed E-state index contributed by atoms with van der Waals surface area (Å²) in [5, 5.41) is 14.5. The number of nitrogens with one attached hydrogen (secondary N) is 1. The van der Waals surface area contributed by atoms with Crippen molar-refractivity contribution in [3.63, 3.8) is 0 Å². The average Bonchev–Trinajstić information content (AvgIpc) is 3.67. The lowest BCUT2D eigenvalue weighted by molar-refractivity contribution is -0.0907. The number of fused-ring (bicyclic) bond motifs is 2. The predicted molar refractivity (Wildman–Crippen MR) is 171 cm³/mol. The Kier molecular flexibility index (Phi) is 12.6. The van der Waals surface area contributed by atoms with Crippen molar-refractivity contribution in [2.75, 3.05) is 40.0 Å². The summed E-state index contributed by atoms with van der Waals surface area (Å²) >= 11 is 0. The van der Waals surface area contributed by atoms with Gasteiger partial charge in [-0.3, -0.25) is 0 Å². The molecule has 254 valence electrons. The van der Waals surface area contributed by atoms with Crippen LogP contribution in [0.3, 0.4) is 0 Å². The molecule has 2 aromatic rings. The fraction of sp³-hybridized carbons (Fsp3) is 0.618.